The maximum absolute atomic E-state index is 5.92. The fourth-order valence-electron chi connectivity index (χ4n) is 1.08. The smallest absolute Gasteiger partial charge is 0.129 e. The molecule has 1 fully saturated rings. The van der Waals surface area contributed by atoms with Crippen LogP contribution in [0.1, 0.15) is 18.5 Å². The molecule has 0 bridgehead atoms. The third-order valence-corrected chi connectivity index (χ3v) is 2.22. The van der Waals surface area contributed by atoms with E-state index in [0.717, 1.165) is 18.5 Å². The zero-order valence-electron chi connectivity index (χ0n) is 6.46. The Morgan fingerprint density at radius 3 is 2.58 bits per heavy atom. The first-order valence-corrected chi connectivity index (χ1v) is 4.00. The molecule has 2 rings (SSSR count). The van der Waals surface area contributed by atoms with Gasteiger partial charge < -0.3 is 5.73 Å². The van der Waals surface area contributed by atoms with E-state index >= 15 is 0 Å². The third kappa shape index (κ3) is 1.71. The minimum absolute atomic E-state index is 0. The zero-order chi connectivity index (χ0) is 7.90. The highest BCUT2D eigenvalue weighted by Crippen LogP contribution is 2.41. The van der Waals surface area contributed by atoms with E-state index in [2.05, 4.69) is 4.98 Å². The first-order chi connectivity index (χ1) is 5.21. The Morgan fingerprint density at radius 2 is 2.08 bits per heavy atom. The molecule has 1 saturated carbocycles. The fraction of sp³-hybridized carbons (Fsp3) is 0.375. The number of nitrogens with zero attached hydrogens (tertiary/aromatic N) is 1. The number of aromatic nitrogens is 1. The van der Waals surface area contributed by atoms with E-state index in [4.69, 9.17) is 17.3 Å². The Bertz CT molecular complexity index is 284. The minimum Gasteiger partial charge on any atom is -0.320 e. The topological polar surface area (TPSA) is 38.9 Å². The van der Waals surface area contributed by atoms with Crippen molar-refractivity contribution in [2.24, 2.45) is 5.73 Å². The Balaban J connectivity index is 0.000000720. The average Bonchev–Trinajstić information content (AvgIpc) is 2.70. The molecule has 66 valence electrons. The van der Waals surface area contributed by atoms with Crippen LogP contribution >= 0.6 is 24.0 Å². The second kappa shape index (κ2) is 3.21. The standard InChI is InChI=1S/C8H9ClN2.ClH/c9-7-3-1-2-6(11-7)8(10)4-5-8;/h1-3H,4-5,10H2;1H. The summed E-state index contributed by atoms with van der Waals surface area (Å²) < 4.78 is 0. The second-order valence-electron chi connectivity index (χ2n) is 3.00. The first kappa shape index (κ1) is 9.78. The van der Waals surface area contributed by atoms with Crippen LogP contribution in [-0.4, -0.2) is 4.98 Å². The molecule has 12 heavy (non-hydrogen) atoms. The number of rotatable bonds is 1. The predicted octanol–water partition coefficient (Wildman–Crippen LogP) is 2.10. The molecule has 4 heteroatoms. The van der Waals surface area contributed by atoms with Crippen LogP contribution < -0.4 is 5.73 Å². The van der Waals surface area contributed by atoms with Crippen molar-refractivity contribution < 1.29 is 0 Å². The molecular formula is C8H10Cl2N2. The summed E-state index contributed by atoms with van der Waals surface area (Å²) in [4.78, 5) is 4.15. The highest BCUT2D eigenvalue weighted by atomic mass is 35.5. The number of hydrogen-bond acceptors (Lipinski definition) is 2. The van der Waals surface area contributed by atoms with Crippen LogP contribution in [0.15, 0.2) is 18.2 Å². The summed E-state index contributed by atoms with van der Waals surface area (Å²) in [6.07, 6.45) is 2.06. The van der Waals surface area contributed by atoms with Crippen LogP contribution in [0.2, 0.25) is 5.15 Å². The number of pyridine rings is 1. The molecule has 0 saturated heterocycles. The molecule has 1 aliphatic carbocycles. The maximum atomic E-state index is 5.92. The molecule has 0 aliphatic heterocycles. The molecule has 2 N–H and O–H groups in total. The van der Waals surface area contributed by atoms with Crippen LogP contribution in [-0.2, 0) is 5.54 Å². The van der Waals surface area contributed by atoms with Gasteiger partial charge in [0, 0.05) is 0 Å². The number of hydrogen-bond donors (Lipinski definition) is 1. The van der Waals surface area contributed by atoms with Crippen molar-refractivity contribution in [1.29, 1.82) is 0 Å². The largest absolute Gasteiger partial charge is 0.320 e. The number of nitrogens with two attached hydrogens (primary N) is 1. The lowest BCUT2D eigenvalue weighted by molar-refractivity contribution is 0.708. The highest BCUT2D eigenvalue weighted by Gasteiger charge is 2.41. The predicted molar refractivity (Wildman–Crippen MR) is 51.6 cm³/mol. The average molecular weight is 205 g/mol. The van der Waals surface area contributed by atoms with E-state index < -0.39 is 0 Å². The monoisotopic (exact) mass is 204 g/mol. The second-order valence-corrected chi connectivity index (χ2v) is 3.39. The van der Waals surface area contributed by atoms with E-state index in [1.54, 1.807) is 6.07 Å². The fourth-order valence-corrected chi connectivity index (χ4v) is 1.24. The van der Waals surface area contributed by atoms with Crippen molar-refractivity contribution in [3.05, 3.63) is 29.0 Å². The van der Waals surface area contributed by atoms with Gasteiger partial charge in [0.15, 0.2) is 0 Å². The van der Waals surface area contributed by atoms with Crippen LogP contribution in [0.4, 0.5) is 0 Å². The Labute approximate surface area is 82.5 Å². The van der Waals surface area contributed by atoms with Gasteiger partial charge in [-0.05, 0) is 25.0 Å². The lowest BCUT2D eigenvalue weighted by atomic mass is 10.2. The van der Waals surface area contributed by atoms with Gasteiger partial charge in [0.2, 0.25) is 0 Å². The number of halogens is 2. The van der Waals surface area contributed by atoms with Crippen molar-refractivity contribution in [2.45, 2.75) is 18.4 Å². The molecule has 1 aromatic rings. The van der Waals surface area contributed by atoms with Crippen LogP contribution in [0, 0.1) is 0 Å². The molecule has 1 aromatic heterocycles. The first-order valence-electron chi connectivity index (χ1n) is 3.63. The zero-order valence-corrected chi connectivity index (χ0v) is 8.03. The van der Waals surface area contributed by atoms with Gasteiger partial charge >= 0.3 is 0 Å². The van der Waals surface area contributed by atoms with Gasteiger partial charge in [-0.2, -0.15) is 0 Å². The van der Waals surface area contributed by atoms with E-state index in [1.807, 2.05) is 12.1 Å². The normalized spacial score (nSPS) is 18.2. The highest BCUT2D eigenvalue weighted by molar-refractivity contribution is 6.29. The Hall–Kier alpha value is -0.310. The molecule has 0 amide bonds. The van der Waals surface area contributed by atoms with Gasteiger partial charge in [-0.3, -0.25) is 0 Å². The van der Waals surface area contributed by atoms with E-state index in [0.29, 0.717) is 5.15 Å². The van der Waals surface area contributed by atoms with Crippen molar-refractivity contribution in [3.63, 3.8) is 0 Å². The van der Waals surface area contributed by atoms with Gasteiger partial charge in [0.25, 0.3) is 0 Å². The van der Waals surface area contributed by atoms with Gasteiger partial charge in [-0.1, -0.05) is 17.7 Å². The summed E-state index contributed by atoms with van der Waals surface area (Å²) in [6.45, 7) is 0. The Kier molecular flexibility index (Phi) is 2.61. The van der Waals surface area contributed by atoms with Gasteiger partial charge in [0.1, 0.15) is 5.15 Å². The van der Waals surface area contributed by atoms with Crippen LogP contribution in [0.25, 0.3) is 0 Å². The summed E-state index contributed by atoms with van der Waals surface area (Å²) in [5.41, 5.74) is 6.68. The van der Waals surface area contributed by atoms with E-state index in [-0.39, 0.29) is 17.9 Å². The molecule has 1 aliphatic rings. The lowest BCUT2D eigenvalue weighted by Gasteiger charge is -2.06. The summed E-state index contributed by atoms with van der Waals surface area (Å²) in [6, 6.07) is 5.58. The molecule has 0 radical (unpaired) electrons. The molecule has 2 nitrogen and oxygen atoms in total. The van der Waals surface area contributed by atoms with Gasteiger partial charge in [0.05, 0.1) is 11.2 Å². The third-order valence-electron chi connectivity index (χ3n) is 2.01. The molecule has 0 spiro atoms. The van der Waals surface area contributed by atoms with E-state index in [9.17, 15) is 0 Å². The maximum Gasteiger partial charge on any atom is 0.129 e. The Morgan fingerprint density at radius 1 is 1.42 bits per heavy atom. The molecule has 0 unspecified atom stereocenters. The van der Waals surface area contributed by atoms with Crippen LogP contribution in [0.3, 0.4) is 0 Å². The molecule has 0 atom stereocenters. The quantitative estimate of drug-likeness (QED) is 0.713. The van der Waals surface area contributed by atoms with Gasteiger partial charge in [-0.15, -0.1) is 12.4 Å². The summed E-state index contributed by atoms with van der Waals surface area (Å²) >= 11 is 5.71. The lowest BCUT2D eigenvalue weighted by Crippen LogP contribution is -2.20. The van der Waals surface area contributed by atoms with Gasteiger partial charge in [-0.25, -0.2) is 4.98 Å². The van der Waals surface area contributed by atoms with E-state index in [1.165, 1.54) is 0 Å². The van der Waals surface area contributed by atoms with Crippen LogP contribution in [0.5, 0.6) is 0 Å². The van der Waals surface area contributed by atoms with Crippen molar-refractivity contribution in [1.82, 2.24) is 4.98 Å². The molecular weight excluding hydrogens is 195 g/mol. The minimum atomic E-state index is -0.162. The van der Waals surface area contributed by atoms with Crippen molar-refractivity contribution in [2.75, 3.05) is 0 Å². The van der Waals surface area contributed by atoms with Crippen molar-refractivity contribution >= 4 is 24.0 Å². The summed E-state index contributed by atoms with van der Waals surface area (Å²) in [5, 5.41) is 0.527. The SMILES string of the molecule is Cl.NC1(c2cccc(Cl)n2)CC1. The van der Waals surface area contributed by atoms with Crippen molar-refractivity contribution in [3.8, 4) is 0 Å². The molecule has 1 heterocycles. The summed E-state index contributed by atoms with van der Waals surface area (Å²) in [7, 11) is 0. The molecule has 0 aromatic carbocycles. The summed E-state index contributed by atoms with van der Waals surface area (Å²) in [5.74, 6) is 0.